The summed E-state index contributed by atoms with van der Waals surface area (Å²) in [5.74, 6) is 0.898. The van der Waals surface area contributed by atoms with Crippen molar-refractivity contribution >= 4 is 23.2 Å². The summed E-state index contributed by atoms with van der Waals surface area (Å²) in [5, 5.41) is 3.15. The van der Waals surface area contributed by atoms with E-state index < -0.39 is 0 Å². The fourth-order valence-corrected chi connectivity index (χ4v) is 2.17. The summed E-state index contributed by atoms with van der Waals surface area (Å²) in [7, 11) is 0. The van der Waals surface area contributed by atoms with Gasteiger partial charge in [0.15, 0.2) is 11.5 Å². The van der Waals surface area contributed by atoms with Gasteiger partial charge >= 0.3 is 0 Å². The van der Waals surface area contributed by atoms with E-state index in [1.54, 1.807) is 30.5 Å². The normalized spacial score (nSPS) is 13.4. The monoisotopic (exact) mass is 304 g/mol. The molecule has 1 aromatic heterocycles. The number of nitrogens with zero attached hydrogens (tertiary/aromatic N) is 1. The van der Waals surface area contributed by atoms with Crippen molar-refractivity contribution in [2.24, 2.45) is 0 Å². The van der Waals surface area contributed by atoms with Gasteiger partial charge in [0.1, 0.15) is 0 Å². The summed E-state index contributed by atoms with van der Waals surface area (Å²) in [4.78, 5) is 16.0. The number of halogens is 1. The molecule has 108 valence electrons. The number of anilines is 1. The van der Waals surface area contributed by atoms with E-state index in [0.717, 1.165) is 6.42 Å². The van der Waals surface area contributed by atoms with Crippen molar-refractivity contribution < 1.29 is 14.3 Å². The SMILES string of the molecule is O=C(Nc1cc2c(cc1Cl)OCCCO2)c1cccnc1. The molecule has 3 rings (SSSR count). The Balaban J connectivity index is 1.86. The highest BCUT2D eigenvalue weighted by Crippen LogP contribution is 2.37. The molecule has 0 unspecified atom stereocenters. The molecule has 0 atom stereocenters. The van der Waals surface area contributed by atoms with Gasteiger partial charge in [-0.2, -0.15) is 0 Å². The smallest absolute Gasteiger partial charge is 0.257 e. The number of carbonyl (C=O) groups is 1. The summed E-state index contributed by atoms with van der Waals surface area (Å²) in [6.45, 7) is 1.16. The van der Waals surface area contributed by atoms with E-state index in [4.69, 9.17) is 21.1 Å². The van der Waals surface area contributed by atoms with E-state index in [9.17, 15) is 4.79 Å². The number of carbonyl (C=O) groups excluding carboxylic acids is 1. The molecule has 0 saturated heterocycles. The third kappa shape index (κ3) is 3.08. The second-order valence-electron chi connectivity index (χ2n) is 4.53. The maximum Gasteiger partial charge on any atom is 0.257 e. The van der Waals surface area contributed by atoms with Crippen molar-refractivity contribution in [1.29, 1.82) is 0 Å². The summed E-state index contributed by atoms with van der Waals surface area (Å²) in [5.41, 5.74) is 0.940. The van der Waals surface area contributed by atoms with Crippen LogP contribution < -0.4 is 14.8 Å². The minimum atomic E-state index is -0.278. The van der Waals surface area contributed by atoms with Gasteiger partial charge in [-0.3, -0.25) is 9.78 Å². The molecular weight excluding hydrogens is 292 g/mol. The fraction of sp³-hybridized carbons (Fsp3) is 0.200. The van der Waals surface area contributed by atoms with E-state index >= 15 is 0 Å². The number of pyridine rings is 1. The lowest BCUT2D eigenvalue weighted by atomic mass is 10.2. The summed E-state index contributed by atoms with van der Waals surface area (Å²) in [6, 6.07) is 6.71. The van der Waals surface area contributed by atoms with Crippen LogP contribution >= 0.6 is 11.6 Å². The van der Waals surface area contributed by atoms with Crippen LogP contribution in [0.5, 0.6) is 11.5 Å². The topological polar surface area (TPSA) is 60.5 Å². The third-order valence-electron chi connectivity index (χ3n) is 3.01. The molecule has 1 aliphatic rings. The van der Waals surface area contributed by atoms with Crippen LogP contribution in [0, 0.1) is 0 Å². The predicted octanol–water partition coefficient (Wildman–Crippen LogP) is 3.15. The van der Waals surface area contributed by atoms with Crippen molar-refractivity contribution in [2.75, 3.05) is 18.5 Å². The highest BCUT2D eigenvalue weighted by Gasteiger charge is 2.16. The van der Waals surface area contributed by atoms with Gasteiger partial charge in [-0.05, 0) is 12.1 Å². The Kier molecular flexibility index (Phi) is 3.92. The number of ether oxygens (including phenoxy) is 2. The Bertz CT molecular complexity index is 661. The molecule has 2 heterocycles. The number of rotatable bonds is 2. The Morgan fingerprint density at radius 2 is 2.00 bits per heavy atom. The second kappa shape index (κ2) is 6.01. The standard InChI is InChI=1S/C15H13ClN2O3/c16-11-7-13-14(21-6-2-5-20-13)8-12(11)18-15(19)10-3-1-4-17-9-10/h1,3-4,7-9H,2,5-6H2,(H,18,19). The molecule has 0 bridgehead atoms. The van der Waals surface area contributed by atoms with Gasteiger partial charge in [-0.1, -0.05) is 11.6 Å². The average molecular weight is 305 g/mol. The molecule has 1 N–H and O–H groups in total. The molecule has 21 heavy (non-hydrogen) atoms. The summed E-state index contributed by atoms with van der Waals surface area (Å²) in [6.07, 6.45) is 3.91. The van der Waals surface area contributed by atoms with Crippen LogP contribution in [0.4, 0.5) is 5.69 Å². The van der Waals surface area contributed by atoms with E-state index in [1.807, 2.05) is 0 Å². The predicted molar refractivity (Wildman–Crippen MR) is 79.2 cm³/mol. The van der Waals surface area contributed by atoms with Crippen molar-refractivity contribution in [3.8, 4) is 11.5 Å². The molecule has 1 amide bonds. The molecule has 0 aliphatic carbocycles. The molecule has 0 spiro atoms. The van der Waals surface area contributed by atoms with Gasteiger partial charge in [-0.25, -0.2) is 0 Å². The lowest BCUT2D eigenvalue weighted by Crippen LogP contribution is -2.12. The number of hydrogen-bond donors (Lipinski definition) is 1. The van der Waals surface area contributed by atoms with Crippen molar-refractivity contribution in [3.05, 3.63) is 47.2 Å². The molecule has 1 aromatic carbocycles. The van der Waals surface area contributed by atoms with Crippen LogP contribution in [-0.2, 0) is 0 Å². The number of aromatic nitrogens is 1. The number of nitrogens with one attached hydrogen (secondary N) is 1. The molecule has 2 aromatic rings. The number of amides is 1. The Morgan fingerprint density at radius 1 is 1.24 bits per heavy atom. The van der Waals surface area contributed by atoms with Gasteiger partial charge in [0, 0.05) is 30.9 Å². The minimum absolute atomic E-state index is 0.278. The highest BCUT2D eigenvalue weighted by molar-refractivity contribution is 6.34. The van der Waals surface area contributed by atoms with E-state index in [0.29, 0.717) is 41.0 Å². The zero-order valence-corrected chi connectivity index (χ0v) is 11.9. The van der Waals surface area contributed by atoms with Gasteiger partial charge in [0.05, 0.1) is 29.5 Å². The first-order valence-corrected chi connectivity index (χ1v) is 6.92. The second-order valence-corrected chi connectivity index (χ2v) is 4.93. The van der Waals surface area contributed by atoms with E-state index in [-0.39, 0.29) is 5.91 Å². The van der Waals surface area contributed by atoms with Crippen molar-refractivity contribution in [1.82, 2.24) is 4.98 Å². The zero-order valence-electron chi connectivity index (χ0n) is 11.1. The summed E-state index contributed by atoms with van der Waals surface area (Å²) >= 11 is 6.18. The molecule has 6 heteroatoms. The number of hydrogen-bond acceptors (Lipinski definition) is 4. The maximum atomic E-state index is 12.1. The van der Waals surface area contributed by atoms with Crippen molar-refractivity contribution in [3.63, 3.8) is 0 Å². The zero-order chi connectivity index (χ0) is 14.7. The first-order valence-electron chi connectivity index (χ1n) is 6.54. The largest absolute Gasteiger partial charge is 0.490 e. The van der Waals surface area contributed by atoms with Crippen LogP contribution in [-0.4, -0.2) is 24.1 Å². The highest BCUT2D eigenvalue weighted by atomic mass is 35.5. The van der Waals surface area contributed by atoms with Crippen LogP contribution in [0.2, 0.25) is 5.02 Å². The van der Waals surface area contributed by atoms with Crippen LogP contribution in [0.15, 0.2) is 36.7 Å². The van der Waals surface area contributed by atoms with Crippen LogP contribution in [0.25, 0.3) is 0 Å². The quantitative estimate of drug-likeness (QED) is 0.926. The van der Waals surface area contributed by atoms with Gasteiger partial charge in [-0.15, -0.1) is 0 Å². The maximum absolute atomic E-state index is 12.1. The Morgan fingerprint density at radius 3 is 2.71 bits per heavy atom. The Hall–Kier alpha value is -2.27. The van der Waals surface area contributed by atoms with Gasteiger partial charge in [0.2, 0.25) is 0 Å². The third-order valence-corrected chi connectivity index (χ3v) is 3.32. The lowest BCUT2D eigenvalue weighted by Gasteiger charge is -2.12. The minimum Gasteiger partial charge on any atom is -0.490 e. The van der Waals surface area contributed by atoms with Gasteiger partial charge in [0.25, 0.3) is 5.91 Å². The molecule has 0 radical (unpaired) electrons. The van der Waals surface area contributed by atoms with E-state index in [2.05, 4.69) is 10.3 Å². The fourth-order valence-electron chi connectivity index (χ4n) is 1.97. The van der Waals surface area contributed by atoms with Crippen LogP contribution in [0.1, 0.15) is 16.8 Å². The molecule has 1 aliphatic heterocycles. The molecule has 0 fully saturated rings. The molecule has 5 nitrogen and oxygen atoms in total. The Labute approximate surface area is 126 Å². The molecular formula is C15H13ClN2O3. The van der Waals surface area contributed by atoms with Crippen LogP contribution in [0.3, 0.4) is 0 Å². The number of benzene rings is 1. The lowest BCUT2D eigenvalue weighted by molar-refractivity contribution is 0.102. The first-order chi connectivity index (χ1) is 10.2. The number of fused-ring (bicyclic) bond motifs is 1. The average Bonchev–Trinajstić information content (AvgIpc) is 2.73. The summed E-state index contributed by atoms with van der Waals surface area (Å²) < 4.78 is 11.1. The van der Waals surface area contributed by atoms with Crippen molar-refractivity contribution in [2.45, 2.75) is 6.42 Å². The van der Waals surface area contributed by atoms with Gasteiger partial charge < -0.3 is 14.8 Å². The first kappa shape index (κ1) is 13.7. The molecule has 0 saturated carbocycles. The van der Waals surface area contributed by atoms with E-state index in [1.165, 1.54) is 6.20 Å².